The molecular weight excluding hydrogens is 298 g/mol. The summed E-state index contributed by atoms with van der Waals surface area (Å²) < 4.78 is 26.9. The molecule has 118 valence electrons. The van der Waals surface area contributed by atoms with Crippen molar-refractivity contribution in [1.82, 2.24) is 14.2 Å². The second-order valence-corrected chi connectivity index (χ2v) is 6.54. The first-order valence-corrected chi connectivity index (χ1v) is 7.78. The zero-order valence-electron chi connectivity index (χ0n) is 12.2. The van der Waals surface area contributed by atoms with Gasteiger partial charge < -0.3 is 15.0 Å². The Kier molecular flexibility index (Phi) is 5.50. The van der Waals surface area contributed by atoms with Gasteiger partial charge in [-0.05, 0) is 12.5 Å². The van der Waals surface area contributed by atoms with Crippen molar-refractivity contribution >= 4 is 21.9 Å². The third kappa shape index (κ3) is 3.82. The fourth-order valence-corrected chi connectivity index (χ4v) is 2.94. The molecule has 0 aliphatic heterocycles. The monoisotopic (exact) mass is 317 g/mol. The number of aryl methyl sites for hydroxylation is 1. The molecule has 8 nitrogen and oxygen atoms in total. The Morgan fingerprint density at radius 1 is 1.43 bits per heavy atom. The standard InChI is InChI=1S/C12H19N3O5S/c1-4-5-15-7-9(6-10(15)12(17)18)21(19,20)14(3)8-11(16)13-2/h6-7H,4-5,8H2,1-3H3,(H,13,16)(H,17,18). The number of nitrogens with zero attached hydrogens (tertiary/aromatic N) is 2. The van der Waals surface area contributed by atoms with Gasteiger partial charge in [-0.15, -0.1) is 0 Å². The van der Waals surface area contributed by atoms with Gasteiger partial charge in [-0.25, -0.2) is 13.2 Å². The van der Waals surface area contributed by atoms with E-state index < -0.39 is 21.9 Å². The van der Waals surface area contributed by atoms with Crippen molar-refractivity contribution in [2.24, 2.45) is 0 Å². The summed E-state index contributed by atoms with van der Waals surface area (Å²) in [6.45, 7) is 1.92. The molecule has 1 amide bonds. The summed E-state index contributed by atoms with van der Waals surface area (Å²) in [5, 5.41) is 11.4. The van der Waals surface area contributed by atoms with E-state index in [-0.39, 0.29) is 17.1 Å². The molecule has 0 radical (unpaired) electrons. The molecule has 0 spiro atoms. The van der Waals surface area contributed by atoms with Gasteiger partial charge in [0, 0.05) is 26.8 Å². The molecule has 1 rings (SSSR count). The summed E-state index contributed by atoms with van der Waals surface area (Å²) in [7, 11) is -1.24. The number of carboxylic acid groups (broad SMARTS) is 1. The van der Waals surface area contributed by atoms with Crippen LogP contribution in [0.5, 0.6) is 0 Å². The number of rotatable bonds is 7. The lowest BCUT2D eigenvalue weighted by atomic mass is 10.4. The van der Waals surface area contributed by atoms with E-state index in [1.54, 1.807) is 0 Å². The second-order valence-electron chi connectivity index (χ2n) is 4.49. The Balaban J connectivity index is 3.16. The van der Waals surface area contributed by atoms with Gasteiger partial charge in [-0.1, -0.05) is 6.92 Å². The largest absolute Gasteiger partial charge is 0.477 e. The van der Waals surface area contributed by atoms with Crippen molar-refractivity contribution in [3.8, 4) is 0 Å². The van der Waals surface area contributed by atoms with Crippen LogP contribution in [-0.2, 0) is 21.4 Å². The minimum atomic E-state index is -3.91. The molecule has 2 N–H and O–H groups in total. The molecule has 0 aliphatic carbocycles. The van der Waals surface area contributed by atoms with E-state index >= 15 is 0 Å². The van der Waals surface area contributed by atoms with E-state index in [2.05, 4.69) is 5.32 Å². The van der Waals surface area contributed by atoms with Crippen LogP contribution >= 0.6 is 0 Å². The smallest absolute Gasteiger partial charge is 0.352 e. The number of carbonyl (C=O) groups excluding carboxylic acids is 1. The highest BCUT2D eigenvalue weighted by Gasteiger charge is 2.26. The highest BCUT2D eigenvalue weighted by Crippen LogP contribution is 2.18. The Bertz CT molecular complexity index is 635. The van der Waals surface area contributed by atoms with Gasteiger partial charge in [0.25, 0.3) is 0 Å². The minimum Gasteiger partial charge on any atom is -0.477 e. The number of hydrogen-bond donors (Lipinski definition) is 2. The Morgan fingerprint density at radius 2 is 2.05 bits per heavy atom. The minimum absolute atomic E-state index is 0.0937. The molecular formula is C12H19N3O5S. The number of likely N-dealkylation sites (N-methyl/N-ethyl adjacent to an activating group) is 2. The van der Waals surface area contributed by atoms with Gasteiger partial charge in [-0.2, -0.15) is 4.31 Å². The molecule has 0 aromatic carbocycles. The quantitative estimate of drug-likeness (QED) is 0.733. The van der Waals surface area contributed by atoms with E-state index in [1.165, 1.54) is 24.9 Å². The maximum atomic E-state index is 12.3. The third-order valence-corrected chi connectivity index (χ3v) is 4.68. The van der Waals surface area contributed by atoms with E-state index in [1.807, 2.05) is 6.92 Å². The summed E-state index contributed by atoms with van der Waals surface area (Å²) in [5.74, 6) is -1.65. The SMILES string of the molecule is CCCn1cc(S(=O)(=O)N(C)CC(=O)NC)cc1C(=O)O. The first-order valence-electron chi connectivity index (χ1n) is 6.34. The van der Waals surface area contributed by atoms with Crippen molar-refractivity contribution < 1.29 is 23.1 Å². The number of aromatic carboxylic acids is 1. The van der Waals surface area contributed by atoms with E-state index in [4.69, 9.17) is 5.11 Å². The Labute approximate surface area is 123 Å². The number of carbonyl (C=O) groups is 2. The fraction of sp³-hybridized carbons (Fsp3) is 0.500. The highest BCUT2D eigenvalue weighted by molar-refractivity contribution is 7.89. The van der Waals surface area contributed by atoms with Crippen LogP contribution in [0.4, 0.5) is 0 Å². The summed E-state index contributed by atoms with van der Waals surface area (Å²) in [6.07, 6.45) is 1.95. The molecule has 0 saturated heterocycles. The van der Waals surface area contributed by atoms with Crippen LogP contribution in [0.25, 0.3) is 0 Å². The number of hydrogen-bond acceptors (Lipinski definition) is 4. The second kappa shape index (κ2) is 6.72. The normalized spacial score (nSPS) is 11.6. The van der Waals surface area contributed by atoms with Crippen molar-refractivity contribution in [2.75, 3.05) is 20.6 Å². The predicted molar refractivity (Wildman–Crippen MR) is 75.6 cm³/mol. The number of aromatic nitrogens is 1. The van der Waals surface area contributed by atoms with Gasteiger partial charge in [-0.3, -0.25) is 4.79 Å². The zero-order chi connectivity index (χ0) is 16.2. The van der Waals surface area contributed by atoms with E-state index in [0.29, 0.717) is 13.0 Å². The average molecular weight is 317 g/mol. The van der Waals surface area contributed by atoms with Crippen molar-refractivity contribution in [1.29, 1.82) is 0 Å². The van der Waals surface area contributed by atoms with Crippen LogP contribution in [-0.4, -0.2) is 54.9 Å². The first kappa shape index (κ1) is 17.2. The summed E-state index contributed by atoms with van der Waals surface area (Å²) >= 11 is 0. The van der Waals surface area contributed by atoms with Crippen LogP contribution in [0.3, 0.4) is 0 Å². The van der Waals surface area contributed by atoms with Crippen molar-refractivity contribution in [2.45, 2.75) is 24.8 Å². The zero-order valence-corrected chi connectivity index (χ0v) is 13.0. The van der Waals surface area contributed by atoms with Crippen LogP contribution in [0.2, 0.25) is 0 Å². The molecule has 0 bridgehead atoms. The van der Waals surface area contributed by atoms with Gasteiger partial charge in [0.05, 0.1) is 6.54 Å². The number of nitrogens with one attached hydrogen (secondary N) is 1. The fourth-order valence-electron chi connectivity index (χ4n) is 1.78. The van der Waals surface area contributed by atoms with Gasteiger partial charge in [0.2, 0.25) is 15.9 Å². The van der Waals surface area contributed by atoms with Gasteiger partial charge in [0.15, 0.2) is 0 Å². The van der Waals surface area contributed by atoms with Crippen LogP contribution in [0.1, 0.15) is 23.8 Å². The Hall–Kier alpha value is -1.87. The number of carboxylic acids is 1. The molecule has 0 saturated carbocycles. The molecule has 1 heterocycles. The lowest BCUT2D eigenvalue weighted by Crippen LogP contribution is -2.36. The van der Waals surface area contributed by atoms with E-state index in [9.17, 15) is 18.0 Å². The lowest BCUT2D eigenvalue weighted by Gasteiger charge is -2.14. The van der Waals surface area contributed by atoms with Crippen LogP contribution in [0, 0.1) is 0 Å². The maximum Gasteiger partial charge on any atom is 0.352 e. The van der Waals surface area contributed by atoms with Crippen LogP contribution in [0.15, 0.2) is 17.2 Å². The maximum absolute atomic E-state index is 12.3. The average Bonchev–Trinajstić information content (AvgIpc) is 2.83. The molecule has 0 unspecified atom stereocenters. The molecule has 21 heavy (non-hydrogen) atoms. The first-order chi connectivity index (χ1) is 9.73. The van der Waals surface area contributed by atoms with Crippen molar-refractivity contribution in [3.05, 3.63) is 18.0 Å². The molecule has 9 heteroatoms. The summed E-state index contributed by atoms with van der Waals surface area (Å²) in [6, 6.07) is 1.10. The number of sulfonamides is 1. The van der Waals surface area contributed by atoms with Crippen molar-refractivity contribution in [3.63, 3.8) is 0 Å². The van der Waals surface area contributed by atoms with Gasteiger partial charge in [0.1, 0.15) is 10.6 Å². The predicted octanol–water partition coefficient (Wildman–Crippen LogP) is -0.0372. The van der Waals surface area contributed by atoms with Gasteiger partial charge >= 0.3 is 5.97 Å². The lowest BCUT2D eigenvalue weighted by molar-refractivity contribution is -0.120. The highest BCUT2D eigenvalue weighted by atomic mass is 32.2. The Morgan fingerprint density at radius 3 is 2.52 bits per heavy atom. The summed E-state index contributed by atoms with van der Waals surface area (Å²) in [4.78, 5) is 22.3. The number of amides is 1. The topological polar surface area (TPSA) is 109 Å². The molecule has 1 aromatic heterocycles. The molecule has 1 aromatic rings. The van der Waals surface area contributed by atoms with E-state index in [0.717, 1.165) is 10.4 Å². The molecule has 0 aliphatic rings. The molecule has 0 fully saturated rings. The molecule has 0 atom stereocenters. The third-order valence-electron chi connectivity index (χ3n) is 2.91. The van der Waals surface area contributed by atoms with Crippen LogP contribution < -0.4 is 5.32 Å². The summed E-state index contributed by atoms with van der Waals surface area (Å²) in [5.41, 5.74) is -0.0937.